The Bertz CT molecular complexity index is 718. The maximum atomic E-state index is 5.51. The van der Waals surface area contributed by atoms with Gasteiger partial charge in [0.2, 0.25) is 0 Å². The molecule has 1 aromatic rings. The van der Waals surface area contributed by atoms with Gasteiger partial charge < -0.3 is 19.9 Å². The molecule has 3 fully saturated rings. The summed E-state index contributed by atoms with van der Waals surface area (Å²) in [5.74, 6) is 1.07. The molecule has 1 N–H and O–H groups in total. The topological polar surface area (TPSA) is 46.6 Å². The standard InChI is InChI=1S/C24H40N6O.HI/c1-21-5-3-6-22(19-21)28-13-11-27(12-14-28)9-4-8-26-24(25-2)30-10-7-23(20-30)29-15-17-31-18-16-29;/h3,5-6,19,23H,4,7-18,20H2,1-2H3,(H,25,26);1H. The minimum atomic E-state index is 0. The Labute approximate surface area is 211 Å². The summed E-state index contributed by atoms with van der Waals surface area (Å²) < 4.78 is 5.51. The highest BCUT2D eigenvalue weighted by Crippen LogP contribution is 2.18. The smallest absolute Gasteiger partial charge is 0.193 e. The van der Waals surface area contributed by atoms with Crippen LogP contribution in [0.25, 0.3) is 0 Å². The zero-order valence-corrected chi connectivity index (χ0v) is 22.2. The van der Waals surface area contributed by atoms with Crippen LogP contribution < -0.4 is 10.2 Å². The van der Waals surface area contributed by atoms with Crippen LogP contribution in [0.4, 0.5) is 5.69 Å². The van der Waals surface area contributed by atoms with Gasteiger partial charge in [0.05, 0.1) is 13.2 Å². The molecule has 0 radical (unpaired) electrons. The Morgan fingerprint density at radius 2 is 1.88 bits per heavy atom. The largest absolute Gasteiger partial charge is 0.379 e. The van der Waals surface area contributed by atoms with Crippen LogP contribution in [0, 0.1) is 6.92 Å². The van der Waals surface area contributed by atoms with Crippen molar-refractivity contribution in [1.29, 1.82) is 0 Å². The normalized spacial score (nSPS) is 23.3. The summed E-state index contributed by atoms with van der Waals surface area (Å²) in [6.45, 7) is 14.9. The van der Waals surface area contributed by atoms with Crippen molar-refractivity contribution in [2.45, 2.75) is 25.8 Å². The molecule has 0 amide bonds. The Hall–Kier alpha value is -1.10. The molecule has 8 heteroatoms. The molecule has 0 spiro atoms. The van der Waals surface area contributed by atoms with Gasteiger partial charge in [0.25, 0.3) is 0 Å². The number of benzene rings is 1. The van der Waals surface area contributed by atoms with E-state index >= 15 is 0 Å². The van der Waals surface area contributed by atoms with Crippen molar-refractivity contribution in [3.8, 4) is 0 Å². The maximum absolute atomic E-state index is 5.51. The van der Waals surface area contributed by atoms with Crippen LogP contribution in [0.15, 0.2) is 29.3 Å². The summed E-state index contributed by atoms with van der Waals surface area (Å²) in [6, 6.07) is 9.52. The molecular formula is C24H41IN6O. The third kappa shape index (κ3) is 6.95. The predicted molar refractivity (Wildman–Crippen MR) is 144 cm³/mol. The number of hydrogen-bond acceptors (Lipinski definition) is 5. The first kappa shape index (κ1) is 25.5. The second-order valence-corrected chi connectivity index (χ2v) is 9.03. The van der Waals surface area contributed by atoms with Crippen molar-refractivity contribution in [2.75, 3.05) is 90.6 Å². The van der Waals surface area contributed by atoms with Crippen LogP contribution in [-0.2, 0) is 4.74 Å². The first-order valence-electron chi connectivity index (χ1n) is 12.0. The molecule has 4 rings (SSSR count). The molecule has 0 aromatic heterocycles. The van der Waals surface area contributed by atoms with E-state index in [4.69, 9.17) is 4.74 Å². The zero-order valence-electron chi connectivity index (χ0n) is 19.8. The zero-order chi connectivity index (χ0) is 21.5. The van der Waals surface area contributed by atoms with E-state index in [-0.39, 0.29) is 24.0 Å². The number of aliphatic imine (C=N–C) groups is 1. The number of nitrogens with one attached hydrogen (secondary N) is 1. The number of hydrogen-bond donors (Lipinski definition) is 1. The van der Waals surface area contributed by atoms with Gasteiger partial charge in [0.15, 0.2) is 5.96 Å². The van der Waals surface area contributed by atoms with Crippen molar-refractivity contribution in [3.05, 3.63) is 29.8 Å². The van der Waals surface area contributed by atoms with E-state index in [1.165, 1.54) is 17.7 Å². The van der Waals surface area contributed by atoms with Crippen LogP contribution in [0.1, 0.15) is 18.4 Å². The number of halogens is 1. The molecule has 32 heavy (non-hydrogen) atoms. The van der Waals surface area contributed by atoms with Crippen molar-refractivity contribution in [1.82, 2.24) is 20.0 Å². The van der Waals surface area contributed by atoms with Crippen molar-refractivity contribution < 1.29 is 4.74 Å². The third-order valence-electron chi connectivity index (χ3n) is 6.91. The number of nitrogens with zero attached hydrogens (tertiary/aromatic N) is 5. The molecular weight excluding hydrogens is 515 g/mol. The minimum absolute atomic E-state index is 0. The van der Waals surface area contributed by atoms with Gasteiger partial charge >= 0.3 is 0 Å². The number of ether oxygens (including phenoxy) is 1. The van der Waals surface area contributed by atoms with Gasteiger partial charge in [-0.05, 0) is 44.0 Å². The molecule has 1 unspecified atom stereocenters. The summed E-state index contributed by atoms with van der Waals surface area (Å²) in [7, 11) is 1.91. The molecule has 1 atom stereocenters. The van der Waals surface area contributed by atoms with E-state index in [9.17, 15) is 0 Å². The van der Waals surface area contributed by atoms with Gasteiger partial charge in [0, 0.05) is 77.7 Å². The molecule has 0 saturated carbocycles. The lowest BCUT2D eigenvalue weighted by atomic mass is 10.2. The van der Waals surface area contributed by atoms with Crippen LogP contribution in [0.3, 0.4) is 0 Å². The van der Waals surface area contributed by atoms with Crippen LogP contribution >= 0.6 is 24.0 Å². The Kier molecular flexibility index (Phi) is 10.3. The Balaban J connectivity index is 0.00000289. The summed E-state index contributed by atoms with van der Waals surface area (Å²) in [4.78, 5) is 14.7. The first-order chi connectivity index (χ1) is 15.2. The number of aryl methyl sites for hydroxylation is 1. The lowest BCUT2D eigenvalue weighted by Gasteiger charge is -2.36. The lowest BCUT2D eigenvalue weighted by Crippen LogP contribution is -2.48. The summed E-state index contributed by atoms with van der Waals surface area (Å²) in [5.41, 5.74) is 2.71. The van der Waals surface area contributed by atoms with Crippen molar-refractivity contribution in [2.24, 2.45) is 4.99 Å². The highest BCUT2D eigenvalue weighted by molar-refractivity contribution is 14.0. The number of morpholine rings is 1. The van der Waals surface area contributed by atoms with Crippen molar-refractivity contribution in [3.63, 3.8) is 0 Å². The number of likely N-dealkylation sites (tertiary alicyclic amines) is 1. The van der Waals surface area contributed by atoms with E-state index in [2.05, 4.69) is 61.1 Å². The first-order valence-corrected chi connectivity index (χ1v) is 12.0. The summed E-state index contributed by atoms with van der Waals surface area (Å²) >= 11 is 0. The molecule has 3 aliphatic heterocycles. The SMILES string of the molecule is CN=C(NCCCN1CCN(c2cccc(C)c2)CC1)N1CCC(N2CCOCC2)C1.I. The Morgan fingerprint density at radius 1 is 1.09 bits per heavy atom. The average Bonchev–Trinajstić information content (AvgIpc) is 3.30. The molecule has 7 nitrogen and oxygen atoms in total. The van der Waals surface area contributed by atoms with E-state index < -0.39 is 0 Å². The molecule has 3 saturated heterocycles. The second kappa shape index (κ2) is 13.0. The number of anilines is 1. The summed E-state index contributed by atoms with van der Waals surface area (Å²) in [6.07, 6.45) is 2.39. The monoisotopic (exact) mass is 556 g/mol. The predicted octanol–water partition coefficient (Wildman–Crippen LogP) is 2.11. The van der Waals surface area contributed by atoms with Gasteiger partial charge in [-0.1, -0.05) is 12.1 Å². The summed E-state index contributed by atoms with van der Waals surface area (Å²) in [5, 5.41) is 3.61. The fraction of sp³-hybridized carbons (Fsp3) is 0.708. The highest BCUT2D eigenvalue weighted by atomic mass is 127. The van der Waals surface area contributed by atoms with E-state index in [1.54, 1.807) is 0 Å². The molecule has 180 valence electrons. The molecule has 0 bridgehead atoms. The quantitative estimate of drug-likeness (QED) is 0.251. The molecule has 1 aromatic carbocycles. The van der Waals surface area contributed by atoms with E-state index in [1.807, 2.05) is 7.05 Å². The van der Waals surface area contributed by atoms with Crippen molar-refractivity contribution >= 4 is 35.6 Å². The van der Waals surface area contributed by atoms with E-state index in [0.717, 1.165) is 91.0 Å². The number of guanidine groups is 1. The second-order valence-electron chi connectivity index (χ2n) is 9.03. The molecule has 3 heterocycles. The van der Waals surface area contributed by atoms with Gasteiger partial charge in [-0.2, -0.15) is 0 Å². The van der Waals surface area contributed by atoms with Crippen LogP contribution in [0.2, 0.25) is 0 Å². The number of piperazine rings is 1. The maximum Gasteiger partial charge on any atom is 0.193 e. The molecule has 0 aliphatic carbocycles. The fourth-order valence-electron chi connectivity index (χ4n) is 5.06. The van der Waals surface area contributed by atoms with Gasteiger partial charge in [-0.25, -0.2) is 0 Å². The van der Waals surface area contributed by atoms with Gasteiger partial charge in [-0.15, -0.1) is 24.0 Å². The third-order valence-corrected chi connectivity index (χ3v) is 6.91. The molecule has 3 aliphatic rings. The lowest BCUT2D eigenvalue weighted by molar-refractivity contribution is 0.0195. The minimum Gasteiger partial charge on any atom is -0.379 e. The number of rotatable bonds is 6. The van der Waals surface area contributed by atoms with Crippen LogP contribution in [-0.4, -0.2) is 112 Å². The van der Waals surface area contributed by atoms with Gasteiger partial charge in [0.1, 0.15) is 0 Å². The fourth-order valence-corrected chi connectivity index (χ4v) is 5.06. The van der Waals surface area contributed by atoms with Crippen LogP contribution in [0.5, 0.6) is 0 Å². The highest BCUT2D eigenvalue weighted by Gasteiger charge is 2.30. The van der Waals surface area contributed by atoms with Gasteiger partial charge in [-0.3, -0.25) is 14.8 Å². The van der Waals surface area contributed by atoms with E-state index in [0.29, 0.717) is 6.04 Å². The average molecular weight is 557 g/mol. The Morgan fingerprint density at radius 3 is 2.59 bits per heavy atom.